The van der Waals surface area contributed by atoms with Crippen molar-refractivity contribution < 1.29 is 14.7 Å². The van der Waals surface area contributed by atoms with Gasteiger partial charge >= 0.3 is 5.97 Å². The number of hydrogen-bond acceptors (Lipinski definition) is 2. The van der Waals surface area contributed by atoms with E-state index in [1.807, 2.05) is 43.3 Å². The van der Waals surface area contributed by atoms with Crippen molar-refractivity contribution in [3.63, 3.8) is 0 Å². The molecular formula is C17H19NO3. The van der Waals surface area contributed by atoms with Crippen LogP contribution < -0.4 is 4.90 Å². The first-order valence-electron chi connectivity index (χ1n) is 7.38. The molecule has 3 unspecified atom stereocenters. The van der Waals surface area contributed by atoms with Gasteiger partial charge in [-0.1, -0.05) is 30.4 Å². The standard InChI is InChI=1S/C17H19NO3/c1-11-10-12-6-2-5-9-15(12)18(11)16(19)13-7-3-4-8-14(13)17(20)21/h2-6,9,11,13-14H,7-8,10H2,1H3,(H,20,21). The zero-order chi connectivity index (χ0) is 15.0. The molecule has 1 aliphatic heterocycles. The van der Waals surface area contributed by atoms with Gasteiger partial charge in [0.25, 0.3) is 0 Å². The van der Waals surface area contributed by atoms with Crippen LogP contribution >= 0.6 is 0 Å². The molecule has 1 N–H and O–H groups in total. The number of rotatable bonds is 2. The first-order valence-corrected chi connectivity index (χ1v) is 7.38. The van der Waals surface area contributed by atoms with Crippen molar-refractivity contribution in [3.05, 3.63) is 42.0 Å². The molecule has 0 saturated heterocycles. The Morgan fingerprint density at radius 2 is 1.81 bits per heavy atom. The van der Waals surface area contributed by atoms with Gasteiger partial charge in [0, 0.05) is 11.7 Å². The van der Waals surface area contributed by atoms with Crippen molar-refractivity contribution in [1.29, 1.82) is 0 Å². The molecule has 1 heterocycles. The number of hydrogen-bond donors (Lipinski definition) is 1. The number of carboxylic acids is 1. The summed E-state index contributed by atoms with van der Waals surface area (Å²) in [5.74, 6) is -1.99. The van der Waals surface area contributed by atoms with Crippen molar-refractivity contribution in [1.82, 2.24) is 0 Å². The lowest BCUT2D eigenvalue weighted by Crippen LogP contribution is -2.44. The maximum absolute atomic E-state index is 12.9. The van der Waals surface area contributed by atoms with E-state index in [2.05, 4.69) is 0 Å². The molecule has 21 heavy (non-hydrogen) atoms. The molecule has 0 aromatic heterocycles. The number of carboxylic acid groups (broad SMARTS) is 1. The van der Waals surface area contributed by atoms with Crippen LogP contribution in [-0.2, 0) is 16.0 Å². The summed E-state index contributed by atoms with van der Waals surface area (Å²) < 4.78 is 0. The minimum Gasteiger partial charge on any atom is -0.481 e. The first-order chi connectivity index (χ1) is 10.1. The van der Waals surface area contributed by atoms with Crippen LogP contribution in [0.5, 0.6) is 0 Å². The zero-order valence-corrected chi connectivity index (χ0v) is 12.0. The minimum atomic E-state index is -0.877. The van der Waals surface area contributed by atoms with Crippen LogP contribution in [0, 0.1) is 11.8 Å². The Balaban J connectivity index is 1.91. The van der Waals surface area contributed by atoms with Crippen LogP contribution in [0.15, 0.2) is 36.4 Å². The van der Waals surface area contributed by atoms with Gasteiger partial charge in [0.1, 0.15) is 0 Å². The second-order valence-electron chi connectivity index (χ2n) is 5.88. The highest BCUT2D eigenvalue weighted by Crippen LogP contribution is 2.36. The number of benzene rings is 1. The van der Waals surface area contributed by atoms with Gasteiger partial charge in [-0.2, -0.15) is 0 Å². The van der Waals surface area contributed by atoms with Gasteiger partial charge in [-0.25, -0.2) is 0 Å². The van der Waals surface area contributed by atoms with Crippen molar-refractivity contribution in [2.45, 2.75) is 32.2 Å². The van der Waals surface area contributed by atoms with Gasteiger partial charge in [0.2, 0.25) is 5.91 Å². The molecule has 0 radical (unpaired) electrons. The van der Waals surface area contributed by atoms with E-state index in [-0.39, 0.29) is 11.9 Å². The highest BCUT2D eigenvalue weighted by atomic mass is 16.4. The van der Waals surface area contributed by atoms with Gasteiger partial charge in [-0.15, -0.1) is 0 Å². The number of fused-ring (bicyclic) bond motifs is 1. The molecule has 0 fully saturated rings. The van der Waals surface area contributed by atoms with Gasteiger partial charge in [0.15, 0.2) is 0 Å². The summed E-state index contributed by atoms with van der Waals surface area (Å²) in [6.07, 6.45) is 5.58. The van der Waals surface area contributed by atoms with E-state index in [4.69, 9.17) is 0 Å². The normalized spacial score (nSPS) is 27.5. The van der Waals surface area contributed by atoms with E-state index < -0.39 is 17.8 Å². The molecule has 2 aliphatic rings. The Bertz CT molecular complexity index is 608. The largest absolute Gasteiger partial charge is 0.481 e. The fourth-order valence-corrected chi connectivity index (χ4v) is 3.44. The third kappa shape index (κ3) is 2.35. The zero-order valence-electron chi connectivity index (χ0n) is 12.0. The Kier molecular flexibility index (Phi) is 3.53. The van der Waals surface area contributed by atoms with E-state index in [1.165, 1.54) is 0 Å². The average molecular weight is 285 g/mol. The smallest absolute Gasteiger partial charge is 0.307 e. The Labute approximate surface area is 124 Å². The second-order valence-corrected chi connectivity index (χ2v) is 5.88. The van der Waals surface area contributed by atoms with Gasteiger partial charge < -0.3 is 10.0 Å². The van der Waals surface area contributed by atoms with Gasteiger partial charge in [-0.05, 0) is 37.8 Å². The van der Waals surface area contributed by atoms with E-state index >= 15 is 0 Å². The number of para-hydroxylation sites is 1. The van der Waals surface area contributed by atoms with Crippen LogP contribution in [0.1, 0.15) is 25.3 Å². The van der Waals surface area contributed by atoms with Crippen molar-refractivity contribution in [2.75, 3.05) is 4.90 Å². The van der Waals surface area contributed by atoms with E-state index in [9.17, 15) is 14.7 Å². The van der Waals surface area contributed by atoms with E-state index in [0.717, 1.165) is 17.7 Å². The van der Waals surface area contributed by atoms with E-state index in [0.29, 0.717) is 12.8 Å². The molecular weight excluding hydrogens is 266 g/mol. The number of aliphatic carboxylic acids is 1. The maximum atomic E-state index is 12.9. The lowest BCUT2D eigenvalue weighted by atomic mass is 9.82. The Morgan fingerprint density at radius 3 is 2.52 bits per heavy atom. The minimum absolute atomic E-state index is 0.0517. The van der Waals surface area contributed by atoms with Crippen molar-refractivity contribution in [3.8, 4) is 0 Å². The summed E-state index contributed by atoms with van der Waals surface area (Å²) in [7, 11) is 0. The average Bonchev–Trinajstić information content (AvgIpc) is 2.82. The number of nitrogens with zero attached hydrogens (tertiary/aromatic N) is 1. The Morgan fingerprint density at radius 1 is 1.14 bits per heavy atom. The highest BCUT2D eigenvalue weighted by Gasteiger charge is 2.40. The number of amides is 1. The molecule has 4 heteroatoms. The SMILES string of the molecule is CC1Cc2ccccc2N1C(=O)C1CC=CCC1C(=O)O. The van der Waals surface area contributed by atoms with Crippen molar-refractivity contribution in [2.24, 2.45) is 11.8 Å². The Hall–Kier alpha value is -2.10. The molecule has 3 atom stereocenters. The first kappa shape index (κ1) is 13.9. The van der Waals surface area contributed by atoms with Gasteiger partial charge in [-0.3, -0.25) is 9.59 Å². The molecule has 1 aliphatic carbocycles. The van der Waals surface area contributed by atoms with E-state index in [1.54, 1.807) is 4.90 Å². The number of carbonyl (C=O) groups excluding carboxylic acids is 1. The van der Waals surface area contributed by atoms with Gasteiger partial charge in [0.05, 0.1) is 11.8 Å². The summed E-state index contributed by atoms with van der Waals surface area (Å²) in [6.45, 7) is 2.02. The fourth-order valence-electron chi connectivity index (χ4n) is 3.44. The fraction of sp³-hybridized carbons (Fsp3) is 0.412. The molecule has 1 amide bonds. The third-order valence-corrected chi connectivity index (χ3v) is 4.51. The van der Waals surface area contributed by atoms with Crippen LogP contribution in [0.25, 0.3) is 0 Å². The van der Waals surface area contributed by atoms with Crippen LogP contribution in [-0.4, -0.2) is 23.0 Å². The lowest BCUT2D eigenvalue weighted by molar-refractivity contribution is -0.146. The number of anilines is 1. The van der Waals surface area contributed by atoms with Crippen LogP contribution in [0.2, 0.25) is 0 Å². The third-order valence-electron chi connectivity index (χ3n) is 4.51. The monoisotopic (exact) mass is 285 g/mol. The van der Waals surface area contributed by atoms with Crippen LogP contribution in [0.3, 0.4) is 0 Å². The molecule has 0 spiro atoms. The summed E-state index contributed by atoms with van der Waals surface area (Å²) in [6, 6.07) is 7.98. The topological polar surface area (TPSA) is 57.6 Å². The summed E-state index contributed by atoms with van der Waals surface area (Å²) in [5, 5.41) is 9.36. The summed E-state index contributed by atoms with van der Waals surface area (Å²) >= 11 is 0. The number of carbonyl (C=O) groups is 2. The molecule has 4 nitrogen and oxygen atoms in total. The second kappa shape index (κ2) is 5.35. The maximum Gasteiger partial charge on any atom is 0.307 e. The quantitative estimate of drug-likeness (QED) is 0.850. The number of allylic oxidation sites excluding steroid dienone is 2. The summed E-state index contributed by atoms with van der Waals surface area (Å²) in [5.41, 5.74) is 2.10. The predicted octanol–water partition coefficient (Wildman–Crippen LogP) is 2.63. The summed E-state index contributed by atoms with van der Waals surface area (Å²) in [4.78, 5) is 26.1. The highest BCUT2D eigenvalue weighted by molar-refractivity contribution is 5.99. The molecule has 1 aromatic carbocycles. The molecule has 110 valence electrons. The van der Waals surface area contributed by atoms with Crippen molar-refractivity contribution >= 4 is 17.6 Å². The molecule has 0 bridgehead atoms. The van der Waals surface area contributed by atoms with Crippen LogP contribution in [0.4, 0.5) is 5.69 Å². The predicted molar refractivity (Wildman–Crippen MR) is 80.1 cm³/mol. The molecule has 3 rings (SSSR count). The lowest BCUT2D eigenvalue weighted by Gasteiger charge is -2.31. The molecule has 1 aromatic rings. The molecule has 0 saturated carbocycles.